The smallest absolute Gasteiger partial charge is 0.265 e. The Balaban J connectivity index is 1.52. The lowest BCUT2D eigenvalue weighted by Crippen LogP contribution is -2.14. The first kappa shape index (κ1) is 23.2. The van der Waals surface area contributed by atoms with Crippen molar-refractivity contribution in [2.45, 2.75) is 32.6 Å². The first-order valence-corrected chi connectivity index (χ1v) is 12.0. The van der Waals surface area contributed by atoms with Gasteiger partial charge in [0, 0.05) is 17.4 Å². The van der Waals surface area contributed by atoms with Crippen molar-refractivity contribution < 1.29 is 17.9 Å². The summed E-state index contributed by atoms with van der Waals surface area (Å²) in [5.41, 5.74) is 4.22. The maximum absolute atomic E-state index is 12.9. The molecule has 4 rings (SSSR count). The van der Waals surface area contributed by atoms with Crippen LogP contribution in [0, 0.1) is 27.7 Å². The SMILES string of the molecule is COc1ccc(C)cc1S(=O)(=O)Nc1ccc(Oc2cc(-n3nc(C)c(C)c3C)ncn2)cc1. The van der Waals surface area contributed by atoms with E-state index in [1.165, 1.54) is 13.4 Å². The van der Waals surface area contributed by atoms with Gasteiger partial charge in [0.1, 0.15) is 22.7 Å². The van der Waals surface area contributed by atoms with Crippen LogP contribution >= 0.6 is 0 Å². The van der Waals surface area contributed by atoms with Crippen LogP contribution in [-0.4, -0.2) is 35.3 Å². The third-order valence-electron chi connectivity index (χ3n) is 5.44. The molecule has 0 bridgehead atoms. The highest BCUT2D eigenvalue weighted by atomic mass is 32.2. The Bertz CT molecular complexity index is 1450. The Morgan fingerprint density at radius 2 is 1.68 bits per heavy atom. The van der Waals surface area contributed by atoms with E-state index in [1.807, 2.05) is 27.7 Å². The number of nitrogens with zero attached hydrogens (tertiary/aromatic N) is 4. The highest BCUT2D eigenvalue weighted by molar-refractivity contribution is 7.92. The van der Waals surface area contributed by atoms with Crippen molar-refractivity contribution in [2.75, 3.05) is 11.8 Å². The fourth-order valence-corrected chi connectivity index (χ4v) is 4.67. The molecule has 2 aromatic heterocycles. The molecule has 2 aromatic carbocycles. The summed E-state index contributed by atoms with van der Waals surface area (Å²) in [5, 5.41) is 4.51. The van der Waals surface area contributed by atoms with Gasteiger partial charge in [0.15, 0.2) is 5.82 Å². The lowest BCUT2D eigenvalue weighted by molar-refractivity contribution is 0.402. The van der Waals surface area contributed by atoms with Gasteiger partial charge in [-0.3, -0.25) is 4.72 Å². The highest BCUT2D eigenvalue weighted by Crippen LogP contribution is 2.28. The number of benzene rings is 2. The molecular formula is C24H25N5O4S. The average Bonchev–Trinajstić information content (AvgIpc) is 3.07. The van der Waals surface area contributed by atoms with Gasteiger partial charge < -0.3 is 9.47 Å². The summed E-state index contributed by atoms with van der Waals surface area (Å²) in [6, 6.07) is 13.2. The summed E-state index contributed by atoms with van der Waals surface area (Å²) >= 11 is 0. The van der Waals surface area contributed by atoms with E-state index in [4.69, 9.17) is 9.47 Å². The van der Waals surface area contributed by atoms with Gasteiger partial charge in [-0.05, 0) is 75.2 Å². The van der Waals surface area contributed by atoms with Crippen LogP contribution in [0.4, 0.5) is 5.69 Å². The Morgan fingerprint density at radius 1 is 0.941 bits per heavy atom. The van der Waals surface area contributed by atoms with Gasteiger partial charge in [-0.2, -0.15) is 5.10 Å². The zero-order valence-corrected chi connectivity index (χ0v) is 20.3. The number of aromatic nitrogens is 4. The third kappa shape index (κ3) is 4.72. The molecule has 0 amide bonds. The Kier molecular flexibility index (Phi) is 6.25. The fourth-order valence-electron chi connectivity index (χ4n) is 3.36. The van der Waals surface area contributed by atoms with Gasteiger partial charge in [-0.15, -0.1) is 0 Å². The predicted octanol–water partition coefficient (Wildman–Crippen LogP) is 4.50. The minimum atomic E-state index is -3.84. The van der Waals surface area contributed by atoms with Crippen LogP contribution in [0.5, 0.6) is 17.4 Å². The molecule has 0 saturated carbocycles. The molecule has 0 fully saturated rings. The van der Waals surface area contributed by atoms with Crippen molar-refractivity contribution in [1.29, 1.82) is 0 Å². The number of nitrogens with one attached hydrogen (secondary N) is 1. The van der Waals surface area contributed by atoms with E-state index in [9.17, 15) is 8.42 Å². The largest absolute Gasteiger partial charge is 0.495 e. The van der Waals surface area contributed by atoms with Crippen molar-refractivity contribution in [1.82, 2.24) is 19.7 Å². The average molecular weight is 480 g/mol. The molecule has 0 radical (unpaired) electrons. The molecule has 10 heteroatoms. The second kappa shape index (κ2) is 9.14. The van der Waals surface area contributed by atoms with Crippen LogP contribution in [0.15, 0.2) is 59.8 Å². The van der Waals surface area contributed by atoms with E-state index < -0.39 is 10.0 Å². The number of anilines is 1. The van der Waals surface area contributed by atoms with E-state index in [0.29, 0.717) is 23.1 Å². The van der Waals surface area contributed by atoms with E-state index in [1.54, 1.807) is 53.2 Å². The van der Waals surface area contributed by atoms with Crippen molar-refractivity contribution in [3.8, 4) is 23.2 Å². The van der Waals surface area contributed by atoms with Crippen molar-refractivity contribution in [3.63, 3.8) is 0 Å². The first-order chi connectivity index (χ1) is 16.2. The van der Waals surface area contributed by atoms with Crippen molar-refractivity contribution >= 4 is 15.7 Å². The maximum Gasteiger partial charge on any atom is 0.265 e. The minimum Gasteiger partial charge on any atom is -0.495 e. The molecule has 0 aliphatic rings. The van der Waals surface area contributed by atoms with Crippen LogP contribution < -0.4 is 14.2 Å². The summed E-state index contributed by atoms with van der Waals surface area (Å²) in [5.74, 6) is 1.70. The zero-order valence-electron chi connectivity index (χ0n) is 19.5. The maximum atomic E-state index is 12.9. The van der Waals surface area contributed by atoms with Gasteiger partial charge >= 0.3 is 0 Å². The van der Waals surface area contributed by atoms with Crippen molar-refractivity contribution in [3.05, 3.63) is 77.4 Å². The van der Waals surface area contributed by atoms with Gasteiger partial charge in [0.25, 0.3) is 10.0 Å². The Labute approximate surface area is 198 Å². The Hall–Kier alpha value is -3.92. The molecule has 0 aliphatic carbocycles. The first-order valence-electron chi connectivity index (χ1n) is 10.5. The number of rotatable bonds is 7. The van der Waals surface area contributed by atoms with E-state index >= 15 is 0 Å². The molecule has 1 N–H and O–H groups in total. The second-order valence-corrected chi connectivity index (χ2v) is 9.46. The minimum absolute atomic E-state index is 0.0724. The molecule has 0 spiro atoms. The lowest BCUT2D eigenvalue weighted by atomic mass is 10.2. The number of methoxy groups -OCH3 is 1. The zero-order chi connectivity index (χ0) is 24.5. The van der Waals surface area contributed by atoms with Gasteiger partial charge in [-0.1, -0.05) is 6.07 Å². The van der Waals surface area contributed by atoms with E-state index in [0.717, 1.165) is 22.5 Å². The Morgan fingerprint density at radius 3 is 2.32 bits per heavy atom. The summed E-state index contributed by atoms with van der Waals surface area (Å²) in [6.45, 7) is 7.75. The number of hydrogen-bond acceptors (Lipinski definition) is 7. The summed E-state index contributed by atoms with van der Waals surface area (Å²) in [4.78, 5) is 8.53. The molecule has 9 nitrogen and oxygen atoms in total. The summed E-state index contributed by atoms with van der Waals surface area (Å²) in [6.07, 6.45) is 1.41. The van der Waals surface area contributed by atoms with Gasteiger partial charge in [0.05, 0.1) is 12.8 Å². The summed E-state index contributed by atoms with van der Waals surface area (Å²) < 4.78 is 41.2. The van der Waals surface area contributed by atoms with Crippen LogP contribution in [0.1, 0.15) is 22.5 Å². The normalized spacial score (nSPS) is 11.3. The molecule has 0 aliphatic heterocycles. The molecule has 2 heterocycles. The molecule has 4 aromatic rings. The van der Waals surface area contributed by atoms with Gasteiger partial charge in [0.2, 0.25) is 5.88 Å². The monoisotopic (exact) mass is 479 g/mol. The van der Waals surface area contributed by atoms with Crippen molar-refractivity contribution in [2.24, 2.45) is 0 Å². The molecule has 0 saturated heterocycles. The fraction of sp³-hybridized carbons (Fsp3) is 0.208. The molecule has 0 atom stereocenters. The summed E-state index contributed by atoms with van der Waals surface area (Å²) in [7, 11) is -2.40. The van der Waals surface area contributed by atoms with Crippen LogP contribution in [-0.2, 0) is 10.0 Å². The van der Waals surface area contributed by atoms with Crippen LogP contribution in [0.3, 0.4) is 0 Å². The lowest BCUT2D eigenvalue weighted by Gasteiger charge is -2.13. The third-order valence-corrected chi connectivity index (χ3v) is 6.84. The number of aryl methyl sites for hydroxylation is 2. The number of hydrogen-bond donors (Lipinski definition) is 1. The van der Waals surface area contributed by atoms with E-state index in [2.05, 4.69) is 19.8 Å². The van der Waals surface area contributed by atoms with Crippen LogP contribution in [0.25, 0.3) is 5.82 Å². The molecule has 34 heavy (non-hydrogen) atoms. The molecule has 176 valence electrons. The number of ether oxygens (including phenoxy) is 2. The van der Waals surface area contributed by atoms with E-state index in [-0.39, 0.29) is 10.6 Å². The number of sulfonamides is 1. The second-order valence-electron chi connectivity index (χ2n) is 7.81. The highest BCUT2D eigenvalue weighted by Gasteiger charge is 2.20. The molecule has 0 unspecified atom stereocenters. The molecular weight excluding hydrogens is 454 g/mol. The predicted molar refractivity (Wildman–Crippen MR) is 128 cm³/mol. The van der Waals surface area contributed by atoms with Crippen LogP contribution in [0.2, 0.25) is 0 Å². The topological polar surface area (TPSA) is 108 Å². The van der Waals surface area contributed by atoms with Gasteiger partial charge in [-0.25, -0.2) is 23.1 Å². The quantitative estimate of drug-likeness (QED) is 0.416. The standard InChI is InChI=1S/C24H25N5O4S/c1-15-6-11-21(32-5)22(12-15)34(30,31)28-19-7-9-20(10-8-19)33-24-13-23(25-14-26-24)29-18(4)16(2)17(3)27-29/h6-14,28H,1-5H3.